The van der Waals surface area contributed by atoms with Gasteiger partial charge in [-0.25, -0.2) is 17.2 Å². The minimum atomic E-state index is -3.96. The van der Waals surface area contributed by atoms with Crippen LogP contribution in [0.3, 0.4) is 0 Å². The average Bonchev–Trinajstić information content (AvgIpc) is 3.95. The Morgan fingerprint density at radius 2 is 1.66 bits per heavy atom. The predicted molar refractivity (Wildman–Crippen MR) is 165 cm³/mol. The molecule has 1 aromatic heterocycles. The quantitative estimate of drug-likeness (QED) is 0.216. The molecule has 44 heavy (non-hydrogen) atoms. The molecule has 2 saturated carbocycles. The Labute approximate surface area is 254 Å². The number of amides is 2. The van der Waals surface area contributed by atoms with Crippen LogP contribution in [0.1, 0.15) is 46.4 Å². The number of nitrogens with zero attached hydrogens (tertiary/aromatic N) is 1. The maximum absolute atomic E-state index is 13.7. The van der Waals surface area contributed by atoms with Gasteiger partial charge in [-0.05, 0) is 85.5 Å². The lowest BCUT2D eigenvalue weighted by Crippen LogP contribution is -2.38. The Balaban J connectivity index is 1.52. The highest BCUT2D eigenvalue weighted by atomic mass is 32.2. The van der Waals surface area contributed by atoms with Gasteiger partial charge in [-0.2, -0.15) is 0 Å². The fraction of sp³-hybridized carbons (Fsp3) is 0.333. The number of benzene rings is 3. The molecule has 230 valence electrons. The van der Waals surface area contributed by atoms with Crippen LogP contribution in [0, 0.1) is 17.7 Å². The number of sulfonamides is 1. The molecule has 2 N–H and O–H groups in total. The number of carbonyl (C=O) groups excluding carboxylic acids is 2. The standard InChI is InChI=1S/C33H33F2N3O5S/c1-36-33(40)29-26-17-25(22-4-3-5-23(16-22)32(39)37-30(19-6-7-19)20-8-9-20)27(38(15-14-34)44(2,41)42)18-28(26)43-31(29)21-10-12-24(35)13-11-21/h3-5,10-13,16-20,30H,6-9,14-15H2,1-2H3,(H,36,40)(H,37,39). The smallest absolute Gasteiger partial charge is 0.255 e. The number of hydrogen-bond donors (Lipinski definition) is 2. The highest BCUT2D eigenvalue weighted by Gasteiger charge is 2.42. The van der Waals surface area contributed by atoms with E-state index in [9.17, 15) is 26.8 Å². The third-order valence-electron chi connectivity index (χ3n) is 8.32. The zero-order valence-corrected chi connectivity index (χ0v) is 25.2. The Hall–Kier alpha value is -4.25. The summed E-state index contributed by atoms with van der Waals surface area (Å²) in [6.45, 7) is -1.39. The molecule has 0 bridgehead atoms. The Morgan fingerprint density at radius 3 is 2.25 bits per heavy atom. The molecule has 3 aromatic carbocycles. The molecule has 2 amide bonds. The van der Waals surface area contributed by atoms with Gasteiger partial charge in [-0.3, -0.25) is 13.9 Å². The Kier molecular flexibility index (Phi) is 7.91. The van der Waals surface area contributed by atoms with Crippen LogP contribution >= 0.6 is 0 Å². The predicted octanol–water partition coefficient (Wildman–Crippen LogP) is 5.92. The Morgan fingerprint density at radius 1 is 0.977 bits per heavy atom. The van der Waals surface area contributed by atoms with Crippen molar-refractivity contribution in [3.8, 4) is 22.5 Å². The highest BCUT2D eigenvalue weighted by molar-refractivity contribution is 7.92. The van der Waals surface area contributed by atoms with Crippen LogP contribution in [0.25, 0.3) is 33.4 Å². The van der Waals surface area contributed by atoms with Gasteiger partial charge in [0, 0.05) is 41.2 Å². The molecule has 1 heterocycles. The van der Waals surface area contributed by atoms with Crippen LogP contribution in [0.15, 0.2) is 65.1 Å². The third kappa shape index (κ3) is 5.93. The minimum absolute atomic E-state index is 0.131. The Bertz CT molecular complexity index is 1840. The summed E-state index contributed by atoms with van der Waals surface area (Å²) in [7, 11) is -2.49. The first-order valence-electron chi connectivity index (χ1n) is 14.6. The van der Waals surface area contributed by atoms with Crippen molar-refractivity contribution in [1.82, 2.24) is 10.6 Å². The van der Waals surface area contributed by atoms with E-state index in [-0.39, 0.29) is 34.5 Å². The molecule has 0 radical (unpaired) electrons. The first-order chi connectivity index (χ1) is 21.1. The molecule has 8 nitrogen and oxygen atoms in total. The lowest BCUT2D eigenvalue weighted by molar-refractivity contribution is 0.0924. The van der Waals surface area contributed by atoms with Crippen molar-refractivity contribution in [2.24, 2.45) is 11.8 Å². The van der Waals surface area contributed by atoms with Crippen LogP contribution in [0.5, 0.6) is 0 Å². The number of hydrogen-bond acceptors (Lipinski definition) is 5. The second-order valence-electron chi connectivity index (χ2n) is 11.5. The molecular formula is C33H33F2N3O5S. The number of halogens is 2. The van der Waals surface area contributed by atoms with Crippen LogP contribution in [-0.2, 0) is 10.0 Å². The van der Waals surface area contributed by atoms with Gasteiger partial charge < -0.3 is 15.1 Å². The summed E-state index contributed by atoms with van der Waals surface area (Å²) in [6, 6.07) is 15.5. The van der Waals surface area contributed by atoms with Crippen molar-refractivity contribution in [2.45, 2.75) is 31.7 Å². The van der Waals surface area contributed by atoms with E-state index in [2.05, 4.69) is 10.6 Å². The summed E-state index contributed by atoms with van der Waals surface area (Å²) in [5.74, 6) is 0.0350. The van der Waals surface area contributed by atoms with Gasteiger partial charge in [0.25, 0.3) is 11.8 Å². The average molecular weight is 622 g/mol. The molecule has 0 atom stereocenters. The van der Waals surface area contributed by atoms with Crippen molar-refractivity contribution < 1.29 is 31.2 Å². The van der Waals surface area contributed by atoms with Crippen molar-refractivity contribution in [3.63, 3.8) is 0 Å². The SMILES string of the molecule is CNC(=O)c1c(-c2ccc(F)cc2)oc2cc(N(CCF)S(C)(=O)=O)c(-c3cccc(C(=O)NC(C4CC4)C4CC4)c3)cc12. The molecule has 11 heteroatoms. The van der Waals surface area contributed by atoms with Gasteiger partial charge in [0.1, 0.15) is 23.8 Å². The van der Waals surface area contributed by atoms with E-state index < -0.39 is 35.0 Å². The number of anilines is 1. The first kappa shape index (κ1) is 29.8. The summed E-state index contributed by atoms with van der Waals surface area (Å²) >= 11 is 0. The zero-order valence-electron chi connectivity index (χ0n) is 24.4. The van der Waals surface area contributed by atoms with E-state index in [1.165, 1.54) is 37.4 Å². The molecule has 0 spiro atoms. The van der Waals surface area contributed by atoms with Crippen LogP contribution in [0.2, 0.25) is 0 Å². The summed E-state index contributed by atoms with van der Waals surface area (Å²) in [5, 5.41) is 6.20. The molecule has 0 aliphatic heterocycles. The van der Waals surface area contributed by atoms with Crippen molar-refractivity contribution in [3.05, 3.63) is 77.6 Å². The monoisotopic (exact) mass is 621 g/mol. The topological polar surface area (TPSA) is 109 Å². The van der Waals surface area contributed by atoms with Crippen molar-refractivity contribution >= 4 is 38.5 Å². The maximum atomic E-state index is 13.7. The maximum Gasteiger partial charge on any atom is 0.255 e. The summed E-state index contributed by atoms with van der Waals surface area (Å²) in [5.41, 5.74) is 2.19. The molecule has 4 aromatic rings. The van der Waals surface area contributed by atoms with E-state index >= 15 is 0 Å². The van der Waals surface area contributed by atoms with E-state index in [0.29, 0.717) is 39.5 Å². The van der Waals surface area contributed by atoms with E-state index in [1.54, 1.807) is 30.3 Å². The minimum Gasteiger partial charge on any atom is -0.455 e. The normalized spacial score (nSPS) is 15.0. The van der Waals surface area contributed by atoms with Gasteiger partial charge >= 0.3 is 0 Å². The number of alkyl halides is 1. The summed E-state index contributed by atoms with van der Waals surface area (Å²) in [4.78, 5) is 26.6. The zero-order chi connectivity index (χ0) is 31.2. The summed E-state index contributed by atoms with van der Waals surface area (Å²) in [6.07, 6.45) is 5.43. The van der Waals surface area contributed by atoms with Crippen molar-refractivity contribution in [2.75, 3.05) is 30.8 Å². The first-order valence-corrected chi connectivity index (χ1v) is 16.5. The number of nitrogens with one attached hydrogen (secondary N) is 2. The van der Waals surface area contributed by atoms with E-state index in [0.717, 1.165) is 36.2 Å². The van der Waals surface area contributed by atoms with Gasteiger partial charge in [0.05, 0.1) is 24.1 Å². The molecule has 0 unspecified atom stereocenters. The molecule has 2 fully saturated rings. The van der Waals surface area contributed by atoms with Gasteiger partial charge in [0.2, 0.25) is 10.0 Å². The summed E-state index contributed by atoms with van der Waals surface area (Å²) < 4.78 is 60.4. The molecule has 2 aliphatic carbocycles. The van der Waals surface area contributed by atoms with E-state index in [1.807, 2.05) is 0 Å². The fourth-order valence-electron chi connectivity index (χ4n) is 5.86. The third-order valence-corrected chi connectivity index (χ3v) is 9.50. The number of rotatable bonds is 11. The number of furan rings is 1. The van der Waals surface area contributed by atoms with Crippen molar-refractivity contribution in [1.29, 1.82) is 0 Å². The van der Waals surface area contributed by atoms with E-state index in [4.69, 9.17) is 4.42 Å². The number of carbonyl (C=O) groups is 2. The second-order valence-corrected chi connectivity index (χ2v) is 13.4. The fourth-order valence-corrected chi connectivity index (χ4v) is 6.77. The van der Waals surface area contributed by atoms with Gasteiger partial charge in [0.15, 0.2) is 0 Å². The number of fused-ring (bicyclic) bond motifs is 1. The molecule has 0 saturated heterocycles. The van der Waals surface area contributed by atoms with Gasteiger partial charge in [-0.1, -0.05) is 12.1 Å². The molecular weight excluding hydrogens is 588 g/mol. The van der Waals surface area contributed by atoms with Crippen LogP contribution in [-0.4, -0.2) is 52.8 Å². The molecule has 6 rings (SSSR count). The largest absolute Gasteiger partial charge is 0.455 e. The lowest BCUT2D eigenvalue weighted by atomic mass is 9.97. The second kappa shape index (κ2) is 11.7. The van der Waals surface area contributed by atoms with Crippen LogP contribution < -0.4 is 14.9 Å². The highest BCUT2D eigenvalue weighted by Crippen LogP contribution is 2.45. The van der Waals surface area contributed by atoms with Gasteiger partial charge in [-0.15, -0.1) is 0 Å². The lowest BCUT2D eigenvalue weighted by Gasteiger charge is -2.24. The van der Waals surface area contributed by atoms with Crippen LogP contribution in [0.4, 0.5) is 14.5 Å². The molecule has 2 aliphatic rings.